The molecular formula is C14H26N8O. The lowest BCUT2D eigenvalue weighted by molar-refractivity contribution is 0.188. The molecule has 0 aliphatic carbocycles. The molecule has 2 aliphatic heterocycles. The minimum Gasteiger partial charge on any atom is -0.395 e. The average Bonchev–Trinajstić information content (AvgIpc) is 2.56. The molecule has 2 fully saturated rings. The van der Waals surface area contributed by atoms with Crippen LogP contribution in [-0.2, 0) is 0 Å². The summed E-state index contributed by atoms with van der Waals surface area (Å²) in [6, 6.07) is 0. The fourth-order valence-electron chi connectivity index (χ4n) is 2.97. The highest BCUT2D eigenvalue weighted by Crippen LogP contribution is 2.18. The van der Waals surface area contributed by atoms with Crippen LogP contribution in [-0.4, -0.2) is 102 Å². The summed E-state index contributed by atoms with van der Waals surface area (Å²) in [5.74, 6) is 1.62. The van der Waals surface area contributed by atoms with Crippen molar-refractivity contribution in [3.05, 3.63) is 0 Å². The molecule has 128 valence electrons. The van der Waals surface area contributed by atoms with Crippen molar-refractivity contribution < 1.29 is 5.11 Å². The van der Waals surface area contributed by atoms with Gasteiger partial charge >= 0.3 is 0 Å². The van der Waals surface area contributed by atoms with Crippen LogP contribution in [0.4, 0.5) is 17.8 Å². The first-order valence-corrected chi connectivity index (χ1v) is 8.19. The van der Waals surface area contributed by atoms with Crippen LogP contribution in [0.1, 0.15) is 0 Å². The monoisotopic (exact) mass is 322 g/mol. The molecule has 3 rings (SSSR count). The first-order chi connectivity index (χ1) is 11.2. The molecule has 0 spiro atoms. The number of rotatable bonds is 4. The standard InChI is InChI=1S/C14H26N8O/c1-19-2-6-21(7-3-19)13-16-12(15)17-14(18-13)22-8-4-20(5-9-22)10-11-23/h23H,2-11H2,1H3,(H2,15,16,17,18). The number of aliphatic hydroxyl groups excluding tert-OH is 1. The molecule has 9 nitrogen and oxygen atoms in total. The number of nitrogens with zero attached hydrogens (tertiary/aromatic N) is 7. The van der Waals surface area contributed by atoms with Crippen molar-refractivity contribution in [1.29, 1.82) is 0 Å². The van der Waals surface area contributed by atoms with Crippen LogP contribution in [0.25, 0.3) is 0 Å². The Morgan fingerprint density at radius 1 is 0.870 bits per heavy atom. The summed E-state index contributed by atoms with van der Waals surface area (Å²) in [7, 11) is 2.12. The third kappa shape index (κ3) is 3.98. The number of likely N-dealkylation sites (N-methyl/N-ethyl adjacent to an activating group) is 1. The van der Waals surface area contributed by atoms with E-state index in [1.807, 2.05) is 0 Å². The minimum atomic E-state index is 0.201. The van der Waals surface area contributed by atoms with Crippen LogP contribution < -0.4 is 15.5 Å². The number of aliphatic hydroxyl groups is 1. The fourth-order valence-corrected chi connectivity index (χ4v) is 2.97. The average molecular weight is 322 g/mol. The molecule has 0 aromatic carbocycles. The van der Waals surface area contributed by atoms with Gasteiger partial charge in [-0.05, 0) is 7.05 Å². The van der Waals surface area contributed by atoms with Crippen molar-refractivity contribution >= 4 is 17.8 Å². The zero-order valence-corrected chi connectivity index (χ0v) is 13.7. The number of hydrogen-bond acceptors (Lipinski definition) is 9. The maximum Gasteiger partial charge on any atom is 0.232 e. The molecule has 0 unspecified atom stereocenters. The van der Waals surface area contributed by atoms with Crippen LogP contribution in [0.15, 0.2) is 0 Å². The molecule has 0 saturated carbocycles. The molecule has 0 radical (unpaired) electrons. The predicted molar refractivity (Wildman–Crippen MR) is 89.7 cm³/mol. The van der Waals surface area contributed by atoms with E-state index in [1.165, 1.54) is 0 Å². The first-order valence-electron chi connectivity index (χ1n) is 8.19. The van der Waals surface area contributed by atoms with E-state index in [-0.39, 0.29) is 12.6 Å². The molecule has 0 amide bonds. The van der Waals surface area contributed by atoms with E-state index in [0.717, 1.165) is 58.9 Å². The second-order valence-electron chi connectivity index (χ2n) is 6.14. The Morgan fingerprint density at radius 3 is 1.91 bits per heavy atom. The second-order valence-corrected chi connectivity index (χ2v) is 6.14. The summed E-state index contributed by atoms with van der Waals surface area (Å²) < 4.78 is 0. The molecule has 3 N–H and O–H groups in total. The van der Waals surface area contributed by atoms with Crippen molar-refractivity contribution in [2.24, 2.45) is 0 Å². The van der Waals surface area contributed by atoms with E-state index in [1.54, 1.807) is 0 Å². The zero-order chi connectivity index (χ0) is 16.2. The highest BCUT2D eigenvalue weighted by molar-refractivity contribution is 5.44. The van der Waals surface area contributed by atoms with Crippen LogP contribution in [0.5, 0.6) is 0 Å². The number of nitrogens with two attached hydrogens (primary N) is 1. The summed E-state index contributed by atoms with van der Waals surface area (Å²) in [6.07, 6.45) is 0. The number of aromatic nitrogens is 3. The minimum absolute atomic E-state index is 0.201. The highest BCUT2D eigenvalue weighted by atomic mass is 16.3. The molecule has 1 aromatic heterocycles. The lowest BCUT2D eigenvalue weighted by atomic mass is 10.3. The van der Waals surface area contributed by atoms with Crippen LogP contribution >= 0.6 is 0 Å². The van der Waals surface area contributed by atoms with Gasteiger partial charge in [-0.3, -0.25) is 4.90 Å². The largest absolute Gasteiger partial charge is 0.395 e. The summed E-state index contributed by atoms with van der Waals surface area (Å²) in [5.41, 5.74) is 5.91. The van der Waals surface area contributed by atoms with Crippen molar-refractivity contribution in [3.63, 3.8) is 0 Å². The van der Waals surface area contributed by atoms with Gasteiger partial charge in [-0.15, -0.1) is 0 Å². The Kier molecular flexibility index (Phi) is 5.09. The molecule has 1 aromatic rings. The highest BCUT2D eigenvalue weighted by Gasteiger charge is 2.22. The van der Waals surface area contributed by atoms with Gasteiger partial charge in [0.1, 0.15) is 0 Å². The Morgan fingerprint density at radius 2 is 1.39 bits per heavy atom. The van der Waals surface area contributed by atoms with E-state index in [4.69, 9.17) is 10.8 Å². The van der Waals surface area contributed by atoms with Gasteiger partial charge in [0, 0.05) is 58.9 Å². The molecule has 9 heteroatoms. The van der Waals surface area contributed by atoms with E-state index >= 15 is 0 Å². The van der Waals surface area contributed by atoms with Gasteiger partial charge in [0.15, 0.2) is 0 Å². The summed E-state index contributed by atoms with van der Waals surface area (Å²) in [5, 5.41) is 9.02. The van der Waals surface area contributed by atoms with E-state index in [0.29, 0.717) is 11.9 Å². The third-order valence-corrected chi connectivity index (χ3v) is 4.49. The van der Waals surface area contributed by atoms with Crippen LogP contribution in [0.2, 0.25) is 0 Å². The van der Waals surface area contributed by atoms with E-state index < -0.39 is 0 Å². The molecule has 2 aliphatic rings. The van der Waals surface area contributed by atoms with E-state index in [9.17, 15) is 0 Å². The first kappa shape index (κ1) is 16.2. The van der Waals surface area contributed by atoms with Crippen molar-refractivity contribution in [3.8, 4) is 0 Å². The van der Waals surface area contributed by atoms with Crippen LogP contribution in [0, 0.1) is 0 Å². The lowest BCUT2D eigenvalue weighted by Gasteiger charge is -2.35. The maximum atomic E-state index is 9.02. The van der Waals surface area contributed by atoms with Gasteiger partial charge in [0.05, 0.1) is 6.61 Å². The molecule has 3 heterocycles. The lowest BCUT2D eigenvalue weighted by Crippen LogP contribution is -2.48. The van der Waals surface area contributed by atoms with Gasteiger partial charge in [-0.2, -0.15) is 15.0 Å². The third-order valence-electron chi connectivity index (χ3n) is 4.49. The van der Waals surface area contributed by atoms with Gasteiger partial charge in [-0.25, -0.2) is 0 Å². The molecule has 2 saturated heterocycles. The van der Waals surface area contributed by atoms with Gasteiger partial charge in [0.25, 0.3) is 0 Å². The Balaban J connectivity index is 1.68. The Bertz CT molecular complexity index is 511. The van der Waals surface area contributed by atoms with Crippen molar-refractivity contribution in [2.75, 3.05) is 88.1 Å². The summed E-state index contributed by atoms with van der Waals surface area (Å²) in [6.45, 7) is 8.21. The SMILES string of the molecule is CN1CCN(c2nc(N)nc(N3CCN(CCO)CC3)n2)CC1. The number of hydrogen-bond donors (Lipinski definition) is 2. The summed E-state index contributed by atoms with van der Waals surface area (Å²) in [4.78, 5) is 22.1. The molecule has 0 bridgehead atoms. The summed E-state index contributed by atoms with van der Waals surface area (Å²) >= 11 is 0. The molecular weight excluding hydrogens is 296 g/mol. The van der Waals surface area contributed by atoms with Crippen LogP contribution in [0.3, 0.4) is 0 Å². The topological polar surface area (TPSA) is 97.9 Å². The van der Waals surface area contributed by atoms with Gasteiger partial charge < -0.3 is 25.5 Å². The Hall–Kier alpha value is -1.71. The van der Waals surface area contributed by atoms with Gasteiger partial charge in [0.2, 0.25) is 17.8 Å². The quantitative estimate of drug-likeness (QED) is 0.673. The predicted octanol–water partition coefficient (Wildman–Crippen LogP) is -1.68. The maximum absolute atomic E-state index is 9.02. The second kappa shape index (κ2) is 7.24. The number of piperazine rings is 2. The van der Waals surface area contributed by atoms with Gasteiger partial charge in [-0.1, -0.05) is 0 Å². The fraction of sp³-hybridized carbons (Fsp3) is 0.786. The molecule has 23 heavy (non-hydrogen) atoms. The zero-order valence-electron chi connectivity index (χ0n) is 13.7. The smallest absolute Gasteiger partial charge is 0.232 e. The molecule has 0 atom stereocenters. The van der Waals surface area contributed by atoms with Crippen molar-refractivity contribution in [2.45, 2.75) is 0 Å². The number of β-amino-alcohol motifs (C(OH)–C–C–N with tert-alkyl or cyclic N) is 1. The van der Waals surface area contributed by atoms with Crippen molar-refractivity contribution in [1.82, 2.24) is 24.8 Å². The number of nitrogen functional groups attached to an aromatic ring is 1. The van der Waals surface area contributed by atoms with E-state index in [2.05, 4.69) is 41.6 Å². The Labute approximate surface area is 136 Å². The number of anilines is 3. The normalized spacial score (nSPS) is 21.0.